The zero-order valence-electron chi connectivity index (χ0n) is 27.8. The number of pyridine rings is 1. The molecule has 0 radical (unpaired) electrons. The normalized spacial score (nSPS) is 12.6. The highest BCUT2D eigenvalue weighted by atomic mass is 16.5. The van der Waals surface area contributed by atoms with E-state index in [1.54, 1.807) is 6.07 Å². The van der Waals surface area contributed by atoms with Crippen molar-refractivity contribution in [3.8, 4) is 45.5 Å². The lowest BCUT2D eigenvalue weighted by Crippen LogP contribution is -2.24. The largest absolute Gasteiger partial charge is 0.508 e. The molecule has 0 bridgehead atoms. The monoisotopic (exact) mass is 634 g/mol. The summed E-state index contributed by atoms with van der Waals surface area (Å²) in [4.78, 5) is 19.3. The predicted octanol–water partition coefficient (Wildman–Crippen LogP) is 10.8. The standard InChI is InChI=1S/C42H38N2O4/c1-41(2,3)24-42(4,5)25-15-18-28(19-16-25)48-36-23-34(43-26-11-7-6-8-12-26)38-37-32(36)22-33(31-20-17-27(45)21-35(31)46)44-39(37)29-13-9-10-14-30(29)40(38)47/h6-23,43,45-46H,24H2,1-5H3. The number of aromatic hydroxyl groups is 2. The predicted molar refractivity (Wildman–Crippen MR) is 193 cm³/mol. The van der Waals surface area contributed by atoms with E-state index in [4.69, 9.17) is 9.72 Å². The van der Waals surface area contributed by atoms with Crippen molar-refractivity contribution >= 4 is 27.9 Å². The smallest absolute Gasteiger partial charge is 0.196 e. The molecule has 1 heterocycles. The minimum Gasteiger partial charge on any atom is -0.508 e. The Labute approximate surface area is 280 Å². The zero-order chi connectivity index (χ0) is 33.8. The van der Waals surface area contributed by atoms with Crippen molar-refractivity contribution in [2.45, 2.75) is 46.5 Å². The highest BCUT2D eigenvalue weighted by Crippen LogP contribution is 2.48. The van der Waals surface area contributed by atoms with E-state index in [9.17, 15) is 15.0 Å². The molecular formula is C42H38N2O4. The van der Waals surface area contributed by atoms with E-state index >= 15 is 0 Å². The molecular weight excluding hydrogens is 596 g/mol. The summed E-state index contributed by atoms with van der Waals surface area (Å²) in [6, 6.07) is 33.6. The third kappa shape index (κ3) is 5.75. The van der Waals surface area contributed by atoms with Gasteiger partial charge in [-0.25, -0.2) is 4.98 Å². The fraction of sp³-hybridized carbons (Fsp3) is 0.190. The van der Waals surface area contributed by atoms with Gasteiger partial charge in [0.25, 0.3) is 0 Å². The van der Waals surface area contributed by atoms with Crippen molar-refractivity contribution in [3.63, 3.8) is 0 Å². The summed E-state index contributed by atoms with van der Waals surface area (Å²) in [7, 11) is 0. The first-order valence-corrected chi connectivity index (χ1v) is 16.2. The summed E-state index contributed by atoms with van der Waals surface area (Å²) in [5, 5.41) is 25.7. The van der Waals surface area contributed by atoms with Crippen LogP contribution in [-0.2, 0) is 5.41 Å². The Kier molecular flexibility index (Phi) is 7.47. The van der Waals surface area contributed by atoms with E-state index in [1.165, 1.54) is 17.7 Å². The van der Waals surface area contributed by atoms with Gasteiger partial charge in [-0.3, -0.25) is 4.79 Å². The number of phenolic OH excluding ortho intramolecular Hbond substituents is 2. The molecule has 0 saturated carbocycles. The minimum atomic E-state index is -0.111. The number of carbonyl (C=O) groups excluding carboxylic acids is 1. The molecule has 0 spiro atoms. The molecule has 1 aliphatic carbocycles. The lowest BCUT2D eigenvalue weighted by atomic mass is 9.72. The molecule has 0 saturated heterocycles. The molecule has 240 valence electrons. The van der Waals surface area contributed by atoms with Gasteiger partial charge in [0.05, 0.1) is 22.6 Å². The second kappa shape index (κ2) is 11.6. The Morgan fingerprint density at radius 1 is 0.750 bits per heavy atom. The molecule has 6 aromatic rings. The molecule has 3 N–H and O–H groups in total. The number of para-hydroxylation sites is 1. The number of benzene rings is 5. The fourth-order valence-corrected chi connectivity index (χ4v) is 7.12. The van der Waals surface area contributed by atoms with Crippen molar-refractivity contribution in [2.75, 3.05) is 5.32 Å². The number of carbonyl (C=O) groups is 1. The topological polar surface area (TPSA) is 91.7 Å². The van der Waals surface area contributed by atoms with Gasteiger partial charge in [-0.05, 0) is 65.3 Å². The number of fused-ring (bicyclic) bond motifs is 2. The number of hydrogen-bond donors (Lipinski definition) is 3. The van der Waals surface area contributed by atoms with Gasteiger partial charge in [-0.15, -0.1) is 0 Å². The van der Waals surface area contributed by atoms with E-state index in [-0.39, 0.29) is 28.1 Å². The Morgan fingerprint density at radius 2 is 1.44 bits per heavy atom. The first-order chi connectivity index (χ1) is 22.9. The van der Waals surface area contributed by atoms with Crippen LogP contribution in [0.15, 0.2) is 109 Å². The number of anilines is 2. The van der Waals surface area contributed by atoms with Gasteiger partial charge in [0.1, 0.15) is 23.0 Å². The van der Waals surface area contributed by atoms with Crippen LogP contribution >= 0.6 is 0 Å². The first-order valence-electron chi connectivity index (χ1n) is 16.2. The van der Waals surface area contributed by atoms with Gasteiger partial charge in [-0.1, -0.05) is 89.2 Å². The number of nitrogens with one attached hydrogen (secondary N) is 1. The van der Waals surface area contributed by atoms with Crippen LogP contribution in [0.2, 0.25) is 0 Å². The van der Waals surface area contributed by atoms with E-state index < -0.39 is 0 Å². The number of phenols is 2. The van der Waals surface area contributed by atoms with Gasteiger partial charge in [0.15, 0.2) is 5.78 Å². The number of ketones is 1. The first kappa shape index (κ1) is 31.0. The average molecular weight is 635 g/mol. The van der Waals surface area contributed by atoms with E-state index in [0.717, 1.165) is 12.1 Å². The summed E-state index contributed by atoms with van der Waals surface area (Å²) >= 11 is 0. The van der Waals surface area contributed by atoms with Crippen molar-refractivity contribution in [2.24, 2.45) is 5.41 Å². The van der Waals surface area contributed by atoms with Crippen LogP contribution in [0.5, 0.6) is 23.0 Å². The molecule has 6 nitrogen and oxygen atoms in total. The maximum absolute atomic E-state index is 14.3. The summed E-state index contributed by atoms with van der Waals surface area (Å²) < 4.78 is 6.70. The SMILES string of the molecule is CC(C)(C)CC(C)(C)c1ccc(Oc2cc(Nc3ccccc3)c3c4c(nc(-c5ccc(O)cc5O)cc24)-c2ccccc2C3=O)cc1. The Balaban J connectivity index is 1.45. The lowest BCUT2D eigenvalue weighted by Gasteiger charge is -2.33. The number of nitrogens with zero attached hydrogens (tertiary/aromatic N) is 1. The maximum atomic E-state index is 14.3. The second-order valence-electron chi connectivity index (χ2n) is 14.4. The van der Waals surface area contributed by atoms with Gasteiger partial charge in [-0.2, -0.15) is 0 Å². The highest BCUT2D eigenvalue weighted by Gasteiger charge is 2.32. The summed E-state index contributed by atoms with van der Waals surface area (Å²) in [6.45, 7) is 11.3. The van der Waals surface area contributed by atoms with E-state index in [0.29, 0.717) is 61.6 Å². The maximum Gasteiger partial charge on any atom is 0.196 e. The van der Waals surface area contributed by atoms with Crippen molar-refractivity contribution < 1.29 is 19.7 Å². The van der Waals surface area contributed by atoms with E-state index in [2.05, 4.69) is 52.1 Å². The van der Waals surface area contributed by atoms with Crippen molar-refractivity contribution in [1.29, 1.82) is 0 Å². The molecule has 0 atom stereocenters. The Hall–Kier alpha value is -5.62. The molecule has 6 heteroatoms. The summed E-state index contributed by atoms with van der Waals surface area (Å²) in [5.74, 6) is 0.921. The molecule has 0 aliphatic heterocycles. The van der Waals surface area contributed by atoms with Crippen LogP contribution in [-0.4, -0.2) is 21.0 Å². The molecule has 1 aromatic heterocycles. The van der Waals surface area contributed by atoms with Crippen molar-refractivity contribution in [3.05, 3.63) is 126 Å². The van der Waals surface area contributed by atoms with E-state index in [1.807, 2.05) is 78.9 Å². The average Bonchev–Trinajstić information content (AvgIpc) is 3.04. The number of aromatic nitrogens is 1. The van der Waals surface area contributed by atoms with Gasteiger partial charge < -0.3 is 20.3 Å². The molecule has 48 heavy (non-hydrogen) atoms. The van der Waals surface area contributed by atoms with Gasteiger partial charge >= 0.3 is 0 Å². The Bertz CT molecular complexity index is 2200. The lowest BCUT2D eigenvalue weighted by molar-refractivity contribution is 0.104. The minimum absolute atomic E-state index is 0.0236. The van der Waals surface area contributed by atoms with Crippen LogP contribution in [0.25, 0.3) is 33.3 Å². The highest BCUT2D eigenvalue weighted by molar-refractivity contribution is 6.29. The van der Waals surface area contributed by atoms with Crippen LogP contribution in [0.1, 0.15) is 62.5 Å². The summed E-state index contributed by atoms with van der Waals surface area (Å²) in [6.07, 6.45) is 1.03. The second-order valence-corrected chi connectivity index (χ2v) is 14.4. The van der Waals surface area contributed by atoms with Gasteiger partial charge in [0, 0.05) is 45.3 Å². The number of ether oxygens (including phenoxy) is 1. The molecule has 5 aromatic carbocycles. The third-order valence-electron chi connectivity index (χ3n) is 8.88. The zero-order valence-corrected chi connectivity index (χ0v) is 27.8. The van der Waals surface area contributed by atoms with Gasteiger partial charge in [0.2, 0.25) is 0 Å². The van der Waals surface area contributed by atoms with Crippen LogP contribution < -0.4 is 10.1 Å². The quantitative estimate of drug-likeness (QED) is 0.162. The molecule has 0 unspecified atom stereocenters. The van der Waals surface area contributed by atoms with Crippen LogP contribution in [0, 0.1) is 5.41 Å². The molecule has 0 amide bonds. The van der Waals surface area contributed by atoms with Crippen LogP contribution in [0.4, 0.5) is 11.4 Å². The van der Waals surface area contributed by atoms with Crippen LogP contribution in [0.3, 0.4) is 0 Å². The molecule has 1 aliphatic rings. The molecule has 7 rings (SSSR count). The molecule has 0 fully saturated rings. The van der Waals surface area contributed by atoms with Crippen molar-refractivity contribution in [1.82, 2.24) is 4.98 Å². The number of hydrogen-bond acceptors (Lipinski definition) is 6. The third-order valence-corrected chi connectivity index (χ3v) is 8.88. The number of rotatable bonds is 7. The fourth-order valence-electron chi connectivity index (χ4n) is 7.12. The summed E-state index contributed by atoms with van der Waals surface area (Å²) in [5.41, 5.74) is 6.11. The Morgan fingerprint density at radius 3 is 2.12 bits per heavy atom.